The van der Waals surface area contributed by atoms with Crippen LogP contribution in [0.25, 0.3) is 28.1 Å². The molecular weight excluding hydrogens is 473 g/mol. The Morgan fingerprint density at radius 2 is 1.92 bits per heavy atom. The number of aromatic nitrogens is 4. The maximum atomic E-state index is 14.1. The highest BCUT2D eigenvalue weighted by molar-refractivity contribution is 5.82. The third kappa shape index (κ3) is 4.99. The Balaban J connectivity index is 1.52. The Morgan fingerprint density at radius 1 is 1.14 bits per heavy atom. The zero-order valence-electron chi connectivity index (χ0n) is 19.9. The van der Waals surface area contributed by atoms with Gasteiger partial charge in [-0.15, -0.1) is 10.2 Å². The minimum absolute atomic E-state index is 0.0910. The summed E-state index contributed by atoms with van der Waals surface area (Å²) in [7, 11) is 0. The second-order valence-electron chi connectivity index (χ2n) is 9.85. The summed E-state index contributed by atoms with van der Waals surface area (Å²) in [5.74, 6) is 0.870. The normalized spacial score (nSPS) is 18.2. The van der Waals surface area contributed by atoms with Crippen LogP contribution in [0.2, 0.25) is 0 Å². The summed E-state index contributed by atoms with van der Waals surface area (Å²) in [5, 5.41) is 19.1. The SMILES string of the molecule is CC(C)(O)COc1ccc2ccc(-c3nnc4ccc([C@@H](N5CC[C@H](N)C5)C(F)(F)F)cn34)nc2c1. The summed E-state index contributed by atoms with van der Waals surface area (Å²) in [6.07, 6.45) is -2.51. The number of benzene rings is 1. The molecule has 0 amide bonds. The van der Waals surface area contributed by atoms with Crippen molar-refractivity contribution in [3.8, 4) is 17.3 Å². The molecule has 4 aromatic rings. The number of hydrogen-bond donors (Lipinski definition) is 2. The molecule has 1 aliphatic rings. The van der Waals surface area contributed by atoms with Crippen LogP contribution in [0, 0.1) is 0 Å². The lowest BCUT2D eigenvalue weighted by atomic mass is 10.1. The van der Waals surface area contributed by atoms with Crippen molar-refractivity contribution in [2.75, 3.05) is 19.7 Å². The van der Waals surface area contributed by atoms with Crippen LogP contribution in [0.15, 0.2) is 48.7 Å². The van der Waals surface area contributed by atoms with E-state index in [4.69, 9.17) is 10.5 Å². The van der Waals surface area contributed by atoms with E-state index in [2.05, 4.69) is 15.2 Å². The van der Waals surface area contributed by atoms with Crippen LogP contribution < -0.4 is 10.5 Å². The van der Waals surface area contributed by atoms with Gasteiger partial charge in [0.25, 0.3) is 0 Å². The van der Waals surface area contributed by atoms with Crippen molar-refractivity contribution in [3.63, 3.8) is 0 Å². The Kier molecular flexibility index (Phi) is 6.09. The highest BCUT2D eigenvalue weighted by Gasteiger charge is 2.46. The lowest BCUT2D eigenvalue weighted by molar-refractivity contribution is -0.183. The van der Waals surface area contributed by atoms with Gasteiger partial charge in [-0.05, 0) is 50.1 Å². The van der Waals surface area contributed by atoms with Gasteiger partial charge in [0.2, 0.25) is 0 Å². The van der Waals surface area contributed by atoms with Gasteiger partial charge in [0, 0.05) is 36.8 Å². The minimum atomic E-state index is -4.47. The topological polar surface area (TPSA) is 102 Å². The highest BCUT2D eigenvalue weighted by Crippen LogP contribution is 2.39. The van der Waals surface area contributed by atoms with Crippen molar-refractivity contribution < 1.29 is 23.0 Å². The van der Waals surface area contributed by atoms with E-state index >= 15 is 0 Å². The van der Waals surface area contributed by atoms with E-state index < -0.39 is 17.8 Å². The van der Waals surface area contributed by atoms with Gasteiger partial charge in [-0.2, -0.15) is 13.2 Å². The molecule has 2 atom stereocenters. The largest absolute Gasteiger partial charge is 0.491 e. The van der Waals surface area contributed by atoms with Crippen LogP contribution in [0.1, 0.15) is 31.9 Å². The molecule has 0 unspecified atom stereocenters. The van der Waals surface area contributed by atoms with E-state index in [9.17, 15) is 18.3 Å². The predicted octanol–water partition coefficient (Wildman–Crippen LogP) is 3.73. The number of pyridine rings is 2. The van der Waals surface area contributed by atoms with Crippen molar-refractivity contribution in [3.05, 3.63) is 54.2 Å². The molecule has 1 aliphatic heterocycles. The summed E-state index contributed by atoms with van der Waals surface area (Å²) < 4.78 is 49.6. The number of alkyl halides is 3. The zero-order valence-corrected chi connectivity index (χ0v) is 19.9. The summed E-state index contributed by atoms with van der Waals surface area (Å²) in [5.41, 5.74) is 6.48. The molecule has 1 saturated heterocycles. The Labute approximate surface area is 205 Å². The van der Waals surface area contributed by atoms with E-state index in [1.165, 1.54) is 27.6 Å². The molecule has 0 saturated carbocycles. The number of nitrogens with zero attached hydrogens (tertiary/aromatic N) is 5. The van der Waals surface area contributed by atoms with Crippen molar-refractivity contribution in [2.24, 2.45) is 5.73 Å². The first-order valence-corrected chi connectivity index (χ1v) is 11.7. The summed E-state index contributed by atoms with van der Waals surface area (Å²) in [4.78, 5) is 6.04. The number of hydrogen-bond acceptors (Lipinski definition) is 7. The lowest BCUT2D eigenvalue weighted by Gasteiger charge is -2.30. The second-order valence-corrected chi connectivity index (χ2v) is 9.85. The van der Waals surface area contributed by atoms with Crippen molar-refractivity contribution in [1.29, 1.82) is 0 Å². The molecule has 0 bridgehead atoms. The molecule has 1 fully saturated rings. The van der Waals surface area contributed by atoms with E-state index in [-0.39, 0.29) is 31.3 Å². The molecular formula is C25H27F3N6O2. The Hall–Kier alpha value is -3.28. The molecule has 0 radical (unpaired) electrons. The van der Waals surface area contributed by atoms with Crippen molar-refractivity contribution in [1.82, 2.24) is 24.5 Å². The fraction of sp³-hybridized carbons (Fsp3) is 0.400. The molecule has 8 nitrogen and oxygen atoms in total. The maximum absolute atomic E-state index is 14.1. The minimum Gasteiger partial charge on any atom is -0.491 e. The first kappa shape index (κ1) is 24.4. The van der Waals surface area contributed by atoms with E-state index in [1.807, 2.05) is 12.1 Å². The van der Waals surface area contributed by atoms with Gasteiger partial charge >= 0.3 is 6.18 Å². The number of nitrogens with two attached hydrogens (primary N) is 1. The van der Waals surface area contributed by atoms with Gasteiger partial charge in [-0.25, -0.2) is 4.98 Å². The number of ether oxygens (including phenoxy) is 1. The zero-order chi connectivity index (χ0) is 25.7. The molecule has 36 heavy (non-hydrogen) atoms. The van der Waals surface area contributed by atoms with Gasteiger partial charge < -0.3 is 15.6 Å². The molecule has 5 rings (SSSR count). The Bertz CT molecular complexity index is 1400. The van der Waals surface area contributed by atoms with Gasteiger partial charge in [0.1, 0.15) is 24.1 Å². The molecule has 0 aliphatic carbocycles. The second kappa shape index (κ2) is 8.99. The lowest BCUT2D eigenvalue weighted by Crippen LogP contribution is -2.38. The first-order valence-electron chi connectivity index (χ1n) is 11.7. The quantitative estimate of drug-likeness (QED) is 0.416. The molecule has 0 spiro atoms. The number of fused-ring (bicyclic) bond motifs is 2. The number of halogens is 3. The summed E-state index contributed by atoms with van der Waals surface area (Å²) >= 11 is 0. The van der Waals surface area contributed by atoms with E-state index in [0.29, 0.717) is 34.9 Å². The highest BCUT2D eigenvalue weighted by atomic mass is 19.4. The van der Waals surface area contributed by atoms with Crippen LogP contribution in [0.4, 0.5) is 13.2 Å². The molecule has 1 aromatic carbocycles. The van der Waals surface area contributed by atoms with Crippen LogP contribution in [0.3, 0.4) is 0 Å². The molecule has 3 N–H and O–H groups in total. The van der Waals surface area contributed by atoms with Gasteiger partial charge in [0.15, 0.2) is 11.5 Å². The fourth-order valence-electron chi connectivity index (χ4n) is 4.47. The third-order valence-corrected chi connectivity index (χ3v) is 6.16. The summed E-state index contributed by atoms with van der Waals surface area (Å²) in [6.45, 7) is 3.87. The van der Waals surface area contributed by atoms with Crippen LogP contribution in [0.5, 0.6) is 5.75 Å². The van der Waals surface area contributed by atoms with Crippen molar-refractivity contribution >= 4 is 16.6 Å². The monoisotopic (exact) mass is 500 g/mol. The standard InChI is InChI=1S/C25H27F3N6O2/c1-24(2,35)14-36-18-6-3-15-4-7-19(30-20(15)11-18)23-32-31-21-8-5-16(12-34(21)23)22(25(26,27)28)33-10-9-17(29)13-33/h3-8,11-12,17,22,35H,9-10,13-14,29H2,1-2H3/t17-,22+/m0/s1. The average molecular weight is 501 g/mol. The fourth-order valence-corrected chi connectivity index (χ4v) is 4.47. The van der Waals surface area contributed by atoms with Gasteiger partial charge in [-0.3, -0.25) is 9.30 Å². The average Bonchev–Trinajstić information content (AvgIpc) is 3.42. The van der Waals surface area contributed by atoms with Gasteiger partial charge in [-0.1, -0.05) is 12.1 Å². The molecule has 3 aromatic heterocycles. The maximum Gasteiger partial charge on any atom is 0.408 e. The van der Waals surface area contributed by atoms with E-state index in [1.54, 1.807) is 32.0 Å². The van der Waals surface area contributed by atoms with Crippen molar-refractivity contribution in [2.45, 2.75) is 44.1 Å². The molecule has 4 heterocycles. The van der Waals surface area contributed by atoms with Crippen LogP contribution in [-0.2, 0) is 0 Å². The predicted molar refractivity (Wildman–Crippen MR) is 128 cm³/mol. The Morgan fingerprint density at radius 3 is 2.61 bits per heavy atom. The molecule has 190 valence electrons. The third-order valence-electron chi connectivity index (χ3n) is 6.16. The number of aliphatic hydroxyl groups is 1. The number of rotatable bonds is 6. The molecule has 11 heteroatoms. The smallest absolute Gasteiger partial charge is 0.408 e. The first-order chi connectivity index (χ1) is 17.0. The summed E-state index contributed by atoms with van der Waals surface area (Å²) in [6, 6.07) is 9.91. The van der Waals surface area contributed by atoms with Crippen LogP contribution >= 0.6 is 0 Å². The van der Waals surface area contributed by atoms with Crippen LogP contribution in [-0.4, -0.2) is 67.1 Å². The van der Waals surface area contributed by atoms with Gasteiger partial charge in [0.05, 0.1) is 11.1 Å². The number of likely N-dealkylation sites (tertiary alicyclic amines) is 1. The van der Waals surface area contributed by atoms with E-state index in [0.717, 1.165) is 5.39 Å².